The molecule has 4 amide bonds. The van der Waals surface area contributed by atoms with Crippen LogP contribution in [0.25, 0.3) is 0 Å². The van der Waals surface area contributed by atoms with Crippen molar-refractivity contribution in [3.05, 3.63) is 33.9 Å². The molecule has 0 unspecified atom stereocenters. The van der Waals surface area contributed by atoms with Gasteiger partial charge >= 0.3 is 6.03 Å². The minimum absolute atomic E-state index is 0.0516. The minimum Gasteiger partial charge on any atom is -0.367 e. The Hall–Kier alpha value is -2.97. The molecular weight excluding hydrogens is 376 g/mol. The summed E-state index contributed by atoms with van der Waals surface area (Å²) in [6, 6.07) is 3.20. The number of carbonyl (C=O) groups excluding carboxylic acids is 3. The largest absolute Gasteiger partial charge is 0.367 e. The molecule has 0 radical (unpaired) electrons. The van der Waals surface area contributed by atoms with Crippen LogP contribution >= 0.6 is 0 Å². The van der Waals surface area contributed by atoms with Crippen molar-refractivity contribution in [2.24, 2.45) is 5.41 Å². The van der Waals surface area contributed by atoms with Gasteiger partial charge in [-0.05, 0) is 44.2 Å². The van der Waals surface area contributed by atoms with Crippen LogP contribution < -0.4 is 10.2 Å². The Morgan fingerprint density at radius 1 is 1.31 bits per heavy atom. The van der Waals surface area contributed by atoms with Crippen LogP contribution in [0.1, 0.15) is 45.1 Å². The number of hydrogen-bond acceptors (Lipinski definition) is 6. The maximum Gasteiger partial charge on any atom is 0.331 e. The normalized spacial score (nSPS) is 27.4. The lowest BCUT2D eigenvalue weighted by Gasteiger charge is -2.54. The molecule has 9 nitrogen and oxygen atoms in total. The number of rotatable bonds is 3. The van der Waals surface area contributed by atoms with Crippen LogP contribution in [0, 0.1) is 15.5 Å². The summed E-state index contributed by atoms with van der Waals surface area (Å²) in [5, 5.41) is 13.7. The average molecular weight is 400 g/mol. The van der Waals surface area contributed by atoms with Gasteiger partial charge in [0.15, 0.2) is 5.41 Å². The summed E-state index contributed by atoms with van der Waals surface area (Å²) in [5.41, 5.74) is -0.106. The Bertz CT molecular complexity index is 916. The molecular formula is C20H24N4O5. The topological polar surface area (TPSA) is 113 Å². The molecule has 1 N–H and O–H groups in total. The number of imide groups is 2. The first-order valence-electron chi connectivity index (χ1n) is 10.0. The number of piperidine rings is 1. The molecule has 9 heteroatoms. The van der Waals surface area contributed by atoms with E-state index in [9.17, 15) is 24.5 Å². The van der Waals surface area contributed by atoms with Crippen LogP contribution in [0.2, 0.25) is 0 Å². The smallest absolute Gasteiger partial charge is 0.331 e. The highest BCUT2D eigenvalue weighted by atomic mass is 16.6. The highest BCUT2D eigenvalue weighted by Crippen LogP contribution is 2.48. The molecule has 1 aromatic carbocycles. The van der Waals surface area contributed by atoms with Crippen molar-refractivity contribution in [1.29, 1.82) is 0 Å². The molecule has 0 saturated carbocycles. The summed E-state index contributed by atoms with van der Waals surface area (Å²) in [6.07, 6.45) is 3.06. The molecule has 2 fully saturated rings. The molecule has 29 heavy (non-hydrogen) atoms. The quantitative estimate of drug-likeness (QED) is 0.473. The van der Waals surface area contributed by atoms with Crippen molar-refractivity contribution < 1.29 is 19.3 Å². The Labute approximate surface area is 168 Å². The first-order chi connectivity index (χ1) is 13.8. The zero-order valence-electron chi connectivity index (χ0n) is 16.5. The number of barbiturate groups is 1. The van der Waals surface area contributed by atoms with Gasteiger partial charge in [-0.25, -0.2) is 4.79 Å². The molecule has 1 spiro atoms. The van der Waals surface area contributed by atoms with Crippen LogP contribution in [0.15, 0.2) is 18.2 Å². The highest BCUT2D eigenvalue weighted by molar-refractivity contribution is 6.20. The van der Waals surface area contributed by atoms with Crippen molar-refractivity contribution in [2.45, 2.75) is 58.0 Å². The predicted octanol–water partition coefficient (Wildman–Crippen LogP) is 2.37. The van der Waals surface area contributed by atoms with E-state index in [1.54, 1.807) is 13.0 Å². The third-order valence-corrected chi connectivity index (χ3v) is 6.60. The van der Waals surface area contributed by atoms with Crippen LogP contribution in [-0.2, 0) is 16.0 Å². The molecule has 154 valence electrons. The van der Waals surface area contributed by atoms with Crippen molar-refractivity contribution in [3.8, 4) is 0 Å². The van der Waals surface area contributed by atoms with E-state index in [2.05, 4.69) is 5.32 Å². The third kappa shape index (κ3) is 2.71. The number of hydrogen-bond donors (Lipinski definition) is 1. The van der Waals surface area contributed by atoms with E-state index in [-0.39, 0.29) is 24.2 Å². The molecule has 0 aromatic heterocycles. The van der Waals surface area contributed by atoms with E-state index in [1.807, 2.05) is 11.8 Å². The lowest BCUT2D eigenvalue weighted by atomic mass is 9.66. The fraction of sp³-hybridized carbons (Fsp3) is 0.550. The van der Waals surface area contributed by atoms with Gasteiger partial charge in [0.1, 0.15) is 0 Å². The van der Waals surface area contributed by atoms with E-state index in [0.717, 1.165) is 23.4 Å². The Kier molecular flexibility index (Phi) is 4.55. The monoisotopic (exact) mass is 400 g/mol. The van der Waals surface area contributed by atoms with Crippen molar-refractivity contribution in [3.63, 3.8) is 0 Å². The zero-order valence-corrected chi connectivity index (χ0v) is 16.5. The van der Waals surface area contributed by atoms with Gasteiger partial charge in [-0.2, -0.15) is 0 Å². The van der Waals surface area contributed by atoms with Gasteiger partial charge in [-0.1, -0.05) is 6.92 Å². The van der Waals surface area contributed by atoms with Crippen LogP contribution in [-0.4, -0.2) is 46.3 Å². The minimum atomic E-state index is -1.46. The number of nitrogens with one attached hydrogen (secondary N) is 1. The first kappa shape index (κ1) is 19.4. The molecule has 0 bridgehead atoms. The van der Waals surface area contributed by atoms with E-state index >= 15 is 0 Å². The summed E-state index contributed by atoms with van der Waals surface area (Å²) >= 11 is 0. The van der Waals surface area contributed by atoms with Crippen LogP contribution in [0.5, 0.6) is 0 Å². The lowest BCUT2D eigenvalue weighted by molar-refractivity contribution is -0.384. The fourth-order valence-electron chi connectivity index (χ4n) is 4.96. The molecule has 0 aliphatic carbocycles. The Morgan fingerprint density at radius 3 is 2.76 bits per heavy atom. The summed E-state index contributed by atoms with van der Waals surface area (Å²) in [5.74, 6) is -1.09. The summed E-state index contributed by atoms with van der Waals surface area (Å²) in [4.78, 5) is 53.3. The first-order valence-corrected chi connectivity index (χ1v) is 10.0. The summed E-state index contributed by atoms with van der Waals surface area (Å²) in [6.45, 7) is 4.32. The fourth-order valence-corrected chi connectivity index (χ4v) is 4.96. The highest BCUT2D eigenvalue weighted by Gasteiger charge is 2.62. The van der Waals surface area contributed by atoms with E-state index < -0.39 is 28.2 Å². The van der Waals surface area contributed by atoms with Gasteiger partial charge in [0.25, 0.3) is 5.69 Å². The van der Waals surface area contributed by atoms with E-state index in [4.69, 9.17) is 0 Å². The number of amides is 4. The summed E-state index contributed by atoms with van der Waals surface area (Å²) < 4.78 is 0. The number of nitrogens with zero attached hydrogens (tertiary/aromatic N) is 3. The van der Waals surface area contributed by atoms with Gasteiger partial charge in [0.2, 0.25) is 11.8 Å². The van der Waals surface area contributed by atoms with Crippen LogP contribution in [0.3, 0.4) is 0 Å². The van der Waals surface area contributed by atoms with Gasteiger partial charge in [-0.3, -0.25) is 29.9 Å². The predicted molar refractivity (Wildman–Crippen MR) is 104 cm³/mol. The lowest BCUT2D eigenvalue weighted by Crippen LogP contribution is -2.73. The average Bonchev–Trinajstić information content (AvgIpc) is 2.71. The number of urea groups is 1. The number of carbonyl (C=O) groups is 3. The van der Waals surface area contributed by atoms with Gasteiger partial charge in [0.05, 0.1) is 11.0 Å². The van der Waals surface area contributed by atoms with E-state index in [0.29, 0.717) is 24.9 Å². The number of benzene rings is 1. The van der Waals surface area contributed by atoms with Crippen molar-refractivity contribution in [2.75, 3.05) is 11.4 Å². The number of fused-ring (bicyclic) bond motifs is 4. The van der Waals surface area contributed by atoms with Crippen molar-refractivity contribution >= 4 is 29.2 Å². The number of non-ortho nitro benzene ring substituents is 1. The Morgan fingerprint density at radius 2 is 2.07 bits per heavy atom. The number of anilines is 1. The molecule has 4 rings (SSSR count). The molecule has 3 aliphatic rings. The summed E-state index contributed by atoms with van der Waals surface area (Å²) in [7, 11) is 0. The second kappa shape index (κ2) is 6.82. The second-order valence-electron chi connectivity index (χ2n) is 8.11. The zero-order chi connectivity index (χ0) is 20.9. The third-order valence-electron chi connectivity index (χ3n) is 6.60. The van der Waals surface area contributed by atoms with Gasteiger partial charge in [0, 0.05) is 36.8 Å². The second-order valence-corrected chi connectivity index (χ2v) is 8.11. The van der Waals surface area contributed by atoms with Crippen LogP contribution in [0.4, 0.5) is 16.2 Å². The molecule has 3 aliphatic heterocycles. The molecule has 3 atom stereocenters. The number of nitro benzene ring substituents is 1. The maximum atomic E-state index is 13.7. The van der Waals surface area contributed by atoms with Gasteiger partial charge in [-0.15, -0.1) is 0 Å². The molecule has 2 saturated heterocycles. The van der Waals surface area contributed by atoms with Crippen molar-refractivity contribution in [1.82, 2.24) is 10.2 Å². The SMILES string of the molecule is CC[C@@H](C)N1C(=O)NC(=O)[C@@]2(Cc3cc([N+](=O)[O-])ccc3N3CCCC[C@@H]32)C1=O. The standard InChI is InChI=1S/C20H24N4O5/c1-3-12(2)23-18(26)20(17(25)21-19(23)27)11-13-10-14(24(28)29)7-8-15(13)22-9-5-4-6-16(20)22/h7-8,10,12,16H,3-6,9,11H2,1-2H3,(H,21,25,27)/t12-,16-,20+/m1/s1. The van der Waals surface area contributed by atoms with Gasteiger partial charge < -0.3 is 4.90 Å². The number of nitro groups is 1. The maximum absolute atomic E-state index is 13.7. The molecule has 1 aromatic rings. The van der Waals surface area contributed by atoms with E-state index in [1.165, 1.54) is 12.1 Å². The Balaban J connectivity index is 1.88. The molecule has 3 heterocycles.